The molecular formula is C14H16ClN3O3. The fourth-order valence-electron chi connectivity index (χ4n) is 2.21. The van der Waals surface area contributed by atoms with Crippen LogP contribution in [0.15, 0.2) is 28.8 Å². The molecule has 2 N–H and O–H groups in total. The van der Waals surface area contributed by atoms with Crippen molar-refractivity contribution in [3.05, 3.63) is 41.3 Å². The van der Waals surface area contributed by atoms with Crippen LogP contribution in [0.25, 0.3) is 0 Å². The fourth-order valence-corrected chi connectivity index (χ4v) is 2.21. The van der Waals surface area contributed by atoms with Crippen LogP contribution in [0, 0.1) is 0 Å². The highest BCUT2D eigenvalue weighted by molar-refractivity contribution is 6.03. The Morgan fingerprint density at radius 3 is 3.14 bits per heavy atom. The lowest BCUT2D eigenvalue weighted by Gasteiger charge is -2.05. The average molecular weight is 310 g/mol. The number of fused-ring (bicyclic) bond motifs is 1. The van der Waals surface area contributed by atoms with Crippen molar-refractivity contribution < 1.29 is 14.1 Å². The Kier molecular flexibility index (Phi) is 4.82. The van der Waals surface area contributed by atoms with Gasteiger partial charge in [0, 0.05) is 31.1 Å². The molecule has 3 rings (SSSR count). The van der Waals surface area contributed by atoms with Gasteiger partial charge in [0.2, 0.25) is 0 Å². The molecule has 1 aliphatic rings. The average Bonchev–Trinajstić information content (AvgIpc) is 3.07. The zero-order valence-electron chi connectivity index (χ0n) is 11.5. The third-order valence-electron chi connectivity index (χ3n) is 3.15. The van der Waals surface area contributed by atoms with Crippen LogP contribution in [-0.2, 0) is 17.8 Å². The Morgan fingerprint density at radius 2 is 2.33 bits per heavy atom. The van der Waals surface area contributed by atoms with Gasteiger partial charge >= 0.3 is 0 Å². The second-order valence-electron chi connectivity index (χ2n) is 4.61. The van der Waals surface area contributed by atoms with Crippen LogP contribution in [0.2, 0.25) is 0 Å². The topological polar surface area (TPSA) is 76.4 Å². The van der Waals surface area contributed by atoms with Gasteiger partial charge in [-0.15, -0.1) is 12.4 Å². The first-order chi connectivity index (χ1) is 9.76. The number of nitrogens with zero attached hydrogens (tertiary/aromatic N) is 1. The molecule has 1 aromatic heterocycles. The number of amides is 1. The van der Waals surface area contributed by atoms with E-state index >= 15 is 0 Å². The van der Waals surface area contributed by atoms with Crippen molar-refractivity contribution in [2.24, 2.45) is 0 Å². The number of nitrogens with one attached hydrogen (secondary N) is 2. The van der Waals surface area contributed by atoms with Gasteiger partial charge in [-0.25, -0.2) is 0 Å². The van der Waals surface area contributed by atoms with Gasteiger partial charge in [0.1, 0.15) is 6.61 Å². The number of carbonyl (C=O) groups excluding carboxylic acids is 1. The highest BCUT2D eigenvalue weighted by atomic mass is 35.5. The predicted molar refractivity (Wildman–Crippen MR) is 81.1 cm³/mol. The SMILES string of the molecule is COCc1cc(C(=O)Nc2ccc3c(c2)CCN3)no1.Cl. The van der Waals surface area contributed by atoms with E-state index in [-0.39, 0.29) is 24.0 Å². The summed E-state index contributed by atoms with van der Waals surface area (Å²) in [6, 6.07) is 7.39. The zero-order chi connectivity index (χ0) is 13.9. The largest absolute Gasteiger partial charge is 0.384 e. The fraction of sp³-hybridized carbons (Fsp3) is 0.286. The van der Waals surface area contributed by atoms with Crippen LogP contribution in [0.1, 0.15) is 21.8 Å². The van der Waals surface area contributed by atoms with Crippen LogP contribution in [0.3, 0.4) is 0 Å². The number of rotatable bonds is 4. The van der Waals surface area contributed by atoms with E-state index in [0.29, 0.717) is 12.4 Å². The molecule has 0 radical (unpaired) electrons. The number of benzene rings is 1. The maximum absolute atomic E-state index is 12.0. The van der Waals surface area contributed by atoms with Crippen molar-refractivity contribution >= 4 is 29.7 Å². The van der Waals surface area contributed by atoms with E-state index < -0.39 is 0 Å². The number of hydrogen-bond donors (Lipinski definition) is 2. The van der Waals surface area contributed by atoms with Crippen molar-refractivity contribution in [1.29, 1.82) is 0 Å². The summed E-state index contributed by atoms with van der Waals surface area (Å²) >= 11 is 0. The molecule has 7 heteroatoms. The molecule has 1 aliphatic heterocycles. The summed E-state index contributed by atoms with van der Waals surface area (Å²) in [6.07, 6.45) is 0.973. The first kappa shape index (κ1) is 15.3. The summed E-state index contributed by atoms with van der Waals surface area (Å²) in [7, 11) is 1.56. The normalized spacial score (nSPS) is 12.2. The van der Waals surface area contributed by atoms with Gasteiger partial charge in [-0.05, 0) is 30.2 Å². The highest BCUT2D eigenvalue weighted by Crippen LogP contribution is 2.25. The summed E-state index contributed by atoms with van der Waals surface area (Å²) in [5.74, 6) is 0.234. The predicted octanol–water partition coefficient (Wildman–Crippen LogP) is 2.46. The van der Waals surface area contributed by atoms with Crippen LogP contribution in [0.5, 0.6) is 0 Å². The third-order valence-corrected chi connectivity index (χ3v) is 3.15. The van der Waals surface area contributed by atoms with E-state index in [2.05, 4.69) is 15.8 Å². The van der Waals surface area contributed by atoms with Crippen LogP contribution in [-0.4, -0.2) is 24.7 Å². The monoisotopic (exact) mass is 309 g/mol. The van der Waals surface area contributed by atoms with E-state index in [1.807, 2.05) is 18.2 Å². The molecule has 0 fully saturated rings. The summed E-state index contributed by atoms with van der Waals surface area (Å²) in [6.45, 7) is 1.24. The van der Waals surface area contributed by atoms with E-state index in [1.54, 1.807) is 13.2 Å². The Balaban J connectivity index is 0.00000161. The molecule has 2 aromatic rings. The van der Waals surface area contributed by atoms with Gasteiger partial charge in [-0.1, -0.05) is 5.16 Å². The van der Waals surface area contributed by atoms with Gasteiger partial charge < -0.3 is 19.9 Å². The molecule has 0 spiro atoms. The van der Waals surface area contributed by atoms with Gasteiger partial charge in [-0.2, -0.15) is 0 Å². The molecule has 2 heterocycles. The molecule has 0 saturated carbocycles. The molecule has 1 amide bonds. The standard InChI is InChI=1S/C14H15N3O3.ClH/c1-19-8-11-7-13(17-20-11)14(18)16-10-2-3-12-9(6-10)4-5-15-12;/h2-3,6-7,15H,4-5,8H2,1H3,(H,16,18);1H. The minimum Gasteiger partial charge on any atom is -0.384 e. The number of ether oxygens (including phenoxy) is 1. The quantitative estimate of drug-likeness (QED) is 0.907. The molecule has 112 valence electrons. The zero-order valence-corrected chi connectivity index (χ0v) is 12.3. The molecule has 21 heavy (non-hydrogen) atoms. The first-order valence-electron chi connectivity index (χ1n) is 6.39. The van der Waals surface area contributed by atoms with Crippen LogP contribution < -0.4 is 10.6 Å². The smallest absolute Gasteiger partial charge is 0.277 e. The molecule has 0 unspecified atom stereocenters. The lowest BCUT2D eigenvalue weighted by molar-refractivity contribution is 0.101. The van der Waals surface area contributed by atoms with E-state index in [4.69, 9.17) is 9.26 Å². The van der Waals surface area contributed by atoms with E-state index in [9.17, 15) is 4.79 Å². The molecule has 0 aliphatic carbocycles. The molecular weight excluding hydrogens is 294 g/mol. The number of anilines is 2. The van der Waals surface area contributed by atoms with Gasteiger partial charge in [0.25, 0.3) is 5.91 Å². The maximum Gasteiger partial charge on any atom is 0.277 e. The minimum absolute atomic E-state index is 0. The van der Waals surface area contributed by atoms with Gasteiger partial charge in [-0.3, -0.25) is 4.79 Å². The lowest BCUT2D eigenvalue weighted by atomic mass is 10.1. The highest BCUT2D eigenvalue weighted by Gasteiger charge is 2.15. The third kappa shape index (κ3) is 3.34. The van der Waals surface area contributed by atoms with Crippen LogP contribution >= 0.6 is 12.4 Å². The Morgan fingerprint density at radius 1 is 1.48 bits per heavy atom. The van der Waals surface area contributed by atoms with Crippen molar-refractivity contribution in [2.45, 2.75) is 13.0 Å². The Hall–Kier alpha value is -2.05. The van der Waals surface area contributed by atoms with Gasteiger partial charge in [0.05, 0.1) is 0 Å². The molecule has 0 bridgehead atoms. The maximum atomic E-state index is 12.0. The van der Waals surface area contributed by atoms with E-state index in [1.165, 1.54) is 5.56 Å². The Bertz CT molecular complexity index is 642. The number of halogens is 1. The number of methoxy groups -OCH3 is 1. The summed E-state index contributed by atoms with van der Waals surface area (Å²) in [5.41, 5.74) is 3.35. The summed E-state index contributed by atoms with van der Waals surface area (Å²) in [5, 5.41) is 9.81. The Labute approximate surface area is 128 Å². The minimum atomic E-state index is -0.290. The molecule has 1 aromatic carbocycles. The van der Waals surface area contributed by atoms with Gasteiger partial charge in [0.15, 0.2) is 11.5 Å². The van der Waals surface area contributed by atoms with E-state index in [0.717, 1.165) is 24.3 Å². The summed E-state index contributed by atoms with van der Waals surface area (Å²) < 4.78 is 9.91. The van der Waals surface area contributed by atoms with Crippen LogP contribution in [0.4, 0.5) is 11.4 Å². The molecule has 0 saturated heterocycles. The molecule has 6 nitrogen and oxygen atoms in total. The van der Waals surface area contributed by atoms with Crippen molar-refractivity contribution in [1.82, 2.24) is 5.16 Å². The van der Waals surface area contributed by atoms with Crippen molar-refractivity contribution in [3.63, 3.8) is 0 Å². The number of carbonyl (C=O) groups is 1. The number of aromatic nitrogens is 1. The van der Waals surface area contributed by atoms with Crippen molar-refractivity contribution in [2.75, 3.05) is 24.3 Å². The first-order valence-corrected chi connectivity index (χ1v) is 6.39. The second-order valence-corrected chi connectivity index (χ2v) is 4.61. The summed E-state index contributed by atoms with van der Waals surface area (Å²) in [4.78, 5) is 12.0. The number of hydrogen-bond acceptors (Lipinski definition) is 5. The van der Waals surface area contributed by atoms with Crippen molar-refractivity contribution in [3.8, 4) is 0 Å². The molecule has 0 atom stereocenters. The lowest BCUT2D eigenvalue weighted by Crippen LogP contribution is -2.12. The second kappa shape index (κ2) is 6.60.